The summed E-state index contributed by atoms with van der Waals surface area (Å²) in [5.41, 5.74) is 7.28. The SMILES string of the molecule is C=CCN1CC[C@]23c4c5ccc(O)c4O[C@@H]2C(N)CCC3(O)C1C5. The molecule has 3 unspecified atom stereocenters. The van der Waals surface area contributed by atoms with E-state index < -0.39 is 11.0 Å². The van der Waals surface area contributed by atoms with Crippen molar-refractivity contribution in [3.05, 3.63) is 35.9 Å². The van der Waals surface area contributed by atoms with Crippen molar-refractivity contribution in [1.29, 1.82) is 0 Å². The lowest BCUT2D eigenvalue weighted by molar-refractivity contribution is -0.186. The van der Waals surface area contributed by atoms with Crippen LogP contribution >= 0.6 is 0 Å². The van der Waals surface area contributed by atoms with Gasteiger partial charge >= 0.3 is 0 Å². The highest BCUT2D eigenvalue weighted by Crippen LogP contribution is 2.65. The van der Waals surface area contributed by atoms with Gasteiger partial charge in [-0.05, 0) is 43.9 Å². The first-order chi connectivity index (χ1) is 11.5. The minimum atomic E-state index is -0.860. The lowest BCUT2D eigenvalue weighted by Gasteiger charge is -2.63. The van der Waals surface area contributed by atoms with Gasteiger partial charge in [-0.25, -0.2) is 0 Å². The van der Waals surface area contributed by atoms with Crippen molar-refractivity contribution in [2.45, 2.75) is 54.9 Å². The molecule has 1 aromatic carbocycles. The van der Waals surface area contributed by atoms with Gasteiger partial charge in [0.1, 0.15) is 6.10 Å². The Bertz CT molecular complexity index is 736. The number of aliphatic hydroxyl groups is 1. The molecule has 5 rings (SSSR count). The summed E-state index contributed by atoms with van der Waals surface area (Å²) in [7, 11) is 0. The number of likely N-dealkylation sites (tertiary alicyclic amines) is 1. The van der Waals surface area contributed by atoms with E-state index in [0.717, 1.165) is 37.9 Å². The molecule has 4 N–H and O–H groups in total. The van der Waals surface area contributed by atoms with Crippen molar-refractivity contribution in [2.75, 3.05) is 13.1 Å². The quantitative estimate of drug-likeness (QED) is 0.708. The van der Waals surface area contributed by atoms with Crippen molar-refractivity contribution in [3.8, 4) is 11.5 Å². The monoisotopic (exact) mass is 328 g/mol. The Morgan fingerprint density at radius 2 is 2.25 bits per heavy atom. The molecule has 128 valence electrons. The van der Waals surface area contributed by atoms with Crippen LogP contribution in [0, 0.1) is 0 Å². The first-order valence-electron chi connectivity index (χ1n) is 8.88. The largest absolute Gasteiger partial charge is 0.504 e. The van der Waals surface area contributed by atoms with Crippen molar-refractivity contribution in [3.63, 3.8) is 0 Å². The van der Waals surface area contributed by atoms with Crippen LogP contribution in [0.3, 0.4) is 0 Å². The van der Waals surface area contributed by atoms with Crippen LogP contribution in [0.1, 0.15) is 30.4 Å². The van der Waals surface area contributed by atoms with Gasteiger partial charge in [-0.1, -0.05) is 12.1 Å². The van der Waals surface area contributed by atoms with E-state index in [9.17, 15) is 10.2 Å². The van der Waals surface area contributed by atoms with E-state index in [0.29, 0.717) is 12.2 Å². The highest BCUT2D eigenvalue weighted by Gasteiger charge is 2.72. The number of hydrogen-bond donors (Lipinski definition) is 3. The fraction of sp³-hybridized carbons (Fsp3) is 0.579. The van der Waals surface area contributed by atoms with Gasteiger partial charge in [-0.2, -0.15) is 0 Å². The van der Waals surface area contributed by atoms with E-state index in [1.165, 1.54) is 5.56 Å². The fourth-order valence-electron chi connectivity index (χ4n) is 6.05. The van der Waals surface area contributed by atoms with Gasteiger partial charge in [0.25, 0.3) is 0 Å². The summed E-state index contributed by atoms with van der Waals surface area (Å²) < 4.78 is 6.21. The third-order valence-corrected chi connectivity index (χ3v) is 6.98. The van der Waals surface area contributed by atoms with Gasteiger partial charge in [0.15, 0.2) is 11.5 Å². The number of benzene rings is 1. The highest BCUT2D eigenvalue weighted by atomic mass is 16.5. The molecule has 0 amide bonds. The lowest BCUT2D eigenvalue weighted by atomic mass is 9.48. The number of phenols is 1. The Morgan fingerprint density at radius 3 is 3.04 bits per heavy atom. The van der Waals surface area contributed by atoms with E-state index in [4.69, 9.17) is 10.5 Å². The second kappa shape index (κ2) is 4.54. The number of hydrogen-bond acceptors (Lipinski definition) is 5. The Kier molecular flexibility index (Phi) is 2.79. The number of nitrogens with two attached hydrogens (primary N) is 1. The van der Waals surface area contributed by atoms with Gasteiger partial charge < -0.3 is 20.7 Å². The van der Waals surface area contributed by atoms with Gasteiger partial charge in [0, 0.05) is 24.2 Å². The Labute approximate surface area is 141 Å². The van der Waals surface area contributed by atoms with Gasteiger partial charge in [-0.3, -0.25) is 4.90 Å². The summed E-state index contributed by atoms with van der Waals surface area (Å²) in [6.45, 7) is 5.55. The average molecular weight is 328 g/mol. The molecule has 1 saturated heterocycles. The second-order valence-corrected chi connectivity index (χ2v) is 7.84. The molecule has 0 radical (unpaired) electrons. The standard InChI is InChI=1S/C19H24N2O3/c1-2-8-21-9-7-18-15-11-3-4-13(22)16(15)24-17(18)12(20)5-6-19(18,23)14(21)10-11/h2-4,12,14,17,22-23H,1,5-10,20H2/t12?,14?,17-,18+,19?/m1/s1. The summed E-state index contributed by atoms with van der Waals surface area (Å²) in [5.74, 6) is 0.725. The molecule has 0 aromatic heterocycles. The van der Waals surface area contributed by atoms with Crippen molar-refractivity contribution in [1.82, 2.24) is 4.90 Å². The Morgan fingerprint density at radius 1 is 1.42 bits per heavy atom. The molecule has 4 aliphatic rings. The summed E-state index contributed by atoms with van der Waals surface area (Å²) in [6, 6.07) is 3.64. The van der Waals surface area contributed by atoms with E-state index in [1.54, 1.807) is 6.07 Å². The molecule has 5 atom stereocenters. The molecule has 1 saturated carbocycles. The fourth-order valence-corrected chi connectivity index (χ4v) is 6.05. The first kappa shape index (κ1) is 14.8. The molecule has 24 heavy (non-hydrogen) atoms. The summed E-state index contributed by atoms with van der Waals surface area (Å²) in [4.78, 5) is 2.35. The average Bonchev–Trinajstić information content (AvgIpc) is 2.91. The maximum atomic E-state index is 11.9. The van der Waals surface area contributed by atoms with Crippen LogP contribution < -0.4 is 10.5 Å². The molecule has 5 heteroatoms. The summed E-state index contributed by atoms with van der Waals surface area (Å²) >= 11 is 0. The van der Waals surface area contributed by atoms with Crippen LogP contribution in [0.15, 0.2) is 24.8 Å². The molecule has 1 aromatic rings. The zero-order valence-electron chi connectivity index (χ0n) is 13.7. The predicted octanol–water partition coefficient (Wildman–Crippen LogP) is 1.06. The minimum Gasteiger partial charge on any atom is -0.504 e. The van der Waals surface area contributed by atoms with Gasteiger partial charge in [-0.15, -0.1) is 6.58 Å². The molecule has 2 aliphatic heterocycles. The molecule has 2 fully saturated rings. The minimum absolute atomic E-state index is 0.0471. The zero-order valence-corrected chi connectivity index (χ0v) is 13.7. The van der Waals surface area contributed by atoms with Gasteiger partial charge in [0.05, 0.1) is 11.0 Å². The first-order valence-corrected chi connectivity index (χ1v) is 8.88. The third-order valence-electron chi connectivity index (χ3n) is 6.98. The molecule has 2 bridgehead atoms. The van der Waals surface area contributed by atoms with Crippen LogP contribution in [0.5, 0.6) is 11.5 Å². The smallest absolute Gasteiger partial charge is 0.165 e. The number of piperidine rings is 1. The van der Waals surface area contributed by atoms with Crippen LogP contribution in [0.25, 0.3) is 0 Å². The number of nitrogens with zero attached hydrogens (tertiary/aromatic N) is 1. The number of rotatable bonds is 2. The van der Waals surface area contributed by atoms with Crippen molar-refractivity contribution < 1.29 is 14.9 Å². The predicted molar refractivity (Wildman–Crippen MR) is 90.2 cm³/mol. The highest BCUT2D eigenvalue weighted by molar-refractivity contribution is 5.62. The van der Waals surface area contributed by atoms with Crippen molar-refractivity contribution in [2.24, 2.45) is 5.73 Å². The second-order valence-electron chi connectivity index (χ2n) is 7.84. The molecular formula is C19H24N2O3. The number of ether oxygens (including phenoxy) is 1. The zero-order chi connectivity index (χ0) is 16.7. The Balaban J connectivity index is 1.78. The summed E-state index contributed by atoms with van der Waals surface area (Å²) in [6.07, 6.45) is 4.66. The van der Waals surface area contributed by atoms with E-state index in [2.05, 4.69) is 11.5 Å². The van der Waals surface area contributed by atoms with Crippen LogP contribution in [-0.4, -0.2) is 52.0 Å². The molecular weight excluding hydrogens is 304 g/mol. The lowest BCUT2D eigenvalue weighted by Crippen LogP contribution is -2.77. The van der Waals surface area contributed by atoms with E-state index in [-0.39, 0.29) is 23.9 Å². The molecule has 2 heterocycles. The molecule has 2 aliphatic carbocycles. The van der Waals surface area contributed by atoms with Crippen LogP contribution in [0.2, 0.25) is 0 Å². The maximum absolute atomic E-state index is 11.9. The summed E-state index contributed by atoms with van der Waals surface area (Å²) in [5, 5.41) is 22.3. The third kappa shape index (κ3) is 1.43. The number of phenolic OH excluding ortho intramolecular Hbond substituents is 1. The molecule has 1 spiro atoms. The van der Waals surface area contributed by atoms with E-state index >= 15 is 0 Å². The number of aromatic hydroxyl groups is 1. The van der Waals surface area contributed by atoms with Crippen molar-refractivity contribution >= 4 is 0 Å². The molecule has 5 nitrogen and oxygen atoms in total. The van der Waals surface area contributed by atoms with Gasteiger partial charge in [0.2, 0.25) is 0 Å². The normalized spacial score (nSPS) is 42.3. The topological polar surface area (TPSA) is 79.0 Å². The van der Waals surface area contributed by atoms with E-state index in [1.807, 2.05) is 12.1 Å². The Hall–Kier alpha value is -1.56. The van der Waals surface area contributed by atoms with Crippen LogP contribution in [-0.2, 0) is 11.8 Å². The maximum Gasteiger partial charge on any atom is 0.165 e. The van der Waals surface area contributed by atoms with Crippen LogP contribution in [0.4, 0.5) is 0 Å².